The van der Waals surface area contributed by atoms with Gasteiger partial charge < -0.3 is 0 Å². The van der Waals surface area contributed by atoms with Crippen LogP contribution in [0.1, 0.15) is 0 Å². The number of azide groups is 1. The van der Waals surface area contributed by atoms with Gasteiger partial charge in [-0.2, -0.15) is 4.91 Å². The molecule has 0 aliphatic carbocycles. The van der Waals surface area contributed by atoms with Gasteiger partial charge in [-0.1, -0.05) is 5.10 Å². The first-order valence-corrected chi connectivity index (χ1v) is 1.52. The Labute approximate surface area is 43.9 Å². The zero-order valence-electron chi connectivity index (χ0n) is 3.70. The number of rotatable bonds is 3. The molecule has 0 unspecified atom stereocenters. The largest absolute Gasteiger partial charge is 0.261 e. The van der Waals surface area contributed by atoms with E-state index in [9.17, 15) is 4.79 Å². The van der Waals surface area contributed by atoms with Gasteiger partial charge in [-0.05, 0) is 0 Å². The Balaban J connectivity index is 3.18. The second-order valence-electron chi connectivity index (χ2n) is 0.616. The van der Waals surface area contributed by atoms with Crippen LogP contribution in [0.3, 0.4) is 0 Å². The van der Waals surface area contributed by atoms with Gasteiger partial charge in [-0.25, -0.2) is 4.79 Å². The Bertz CT molecular complexity index is 121. The van der Waals surface area contributed by atoms with Crippen molar-refractivity contribution in [1.29, 1.82) is 0 Å². The first-order valence-electron chi connectivity index (χ1n) is 1.52. The standard InChI is InChI=1S/CH2N6O/c2-4-6-7-5-3-1-8/h5,7H. The van der Waals surface area contributed by atoms with Gasteiger partial charge in [0, 0.05) is 5.22 Å². The number of hydrazone groups is 1. The Morgan fingerprint density at radius 1 is 1.62 bits per heavy atom. The molecule has 0 heterocycles. The highest BCUT2D eigenvalue weighted by molar-refractivity contribution is 5.31. The van der Waals surface area contributed by atoms with Crippen LogP contribution in [0.15, 0.2) is 10.3 Å². The van der Waals surface area contributed by atoms with Crippen LogP contribution < -0.4 is 11.1 Å². The van der Waals surface area contributed by atoms with Crippen LogP contribution in [0.5, 0.6) is 0 Å². The summed E-state index contributed by atoms with van der Waals surface area (Å²) in [7, 11) is 0. The van der Waals surface area contributed by atoms with Crippen LogP contribution >= 0.6 is 0 Å². The van der Waals surface area contributed by atoms with Crippen molar-refractivity contribution in [1.82, 2.24) is 11.1 Å². The first-order chi connectivity index (χ1) is 3.91. The summed E-state index contributed by atoms with van der Waals surface area (Å²) >= 11 is 0. The summed E-state index contributed by atoms with van der Waals surface area (Å²) in [5.74, 6) is 0. The molecule has 0 aromatic heterocycles. The van der Waals surface area contributed by atoms with Crippen molar-refractivity contribution in [3.8, 4) is 0 Å². The third kappa shape index (κ3) is 4.29. The summed E-state index contributed by atoms with van der Waals surface area (Å²) in [6, 6.07) is 0. The van der Waals surface area contributed by atoms with E-state index < -0.39 is 0 Å². The maximum atomic E-state index is 9.24. The molecule has 0 saturated carbocycles. The highest BCUT2D eigenvalue weighted by Crippen LogP contribution is 1.52. The van der Waals surface area contributed by atoms with E-state index in [2.05, 4.69) is 15.2 Å². The van der Waals surface area contributed by atoms with Crippen LogP contribution in [0, 0.1) is 0 Å². The van der Waals surface area contributed by atoms with Crippen LogP contribution in [0.2, 0.25) is 0 Å². The van der Waals surface area contributed by atoms with Gasteiger partial charge in [0.05, 0.1) is 0 Å². The molecule has 42 valence electrons. The van der Waals surface area contributed by atoms with E-state index in [0.717, 1.165) is 6.08 Å². The summed E-state index contributed by atoms with van der Waals surface area (Å²) < 4.78 is 0. The minimum absolute atomic E-state index is 1.14. The van der Waals surface area contributed by atoms with Gasteiger partial charge in [0.25, 0.3) is 6.08 Å². The Hall–Kier alpha value is -1.71. The molecule has 0 aliphatic heterocycles. The number of nitrogens with zero attached hydrogens (tertiary/aromatic N) is 4. The van der Waals surface area contributed by atoms with E-state index in [4.69, 9.17) is 5.53 Å². The molecule has 0 aromatic rings. The zero-order valence-corrected chi connectivity index (χ0v) is 3.70. The molecule has 0 bridgehead atoms. The van der Waals surface area contributed by atoms with Gasteiger partial charge in [0.1, 0.15) is 0 Å². The molecule has 0 aliphatic rings. The predicted octanol–water partition coefficient (Wildman–Crippen LogP) is -0.443. The Kier molecular flexibility index (Phi) is 4.16. The van der Waals surface area contributed by atoms with Crippen molar-refractivity contribution in [2.75, 3.05) is 0 Å². The second-order valence-corrected chi connectivity index (χ2v) is 0.616. The summed E-state index contributed by atoms with van der Waals surface area (Å²) in [6.07, 6.45) is 1.14. The summed E-state index contributed by atoms with van der Waals surface area (Å²) in [4.78, 5) is 11.5. The van der Waals surface area contributed by atoms with Gasteiger partial charge >= 0.3 is 0 Å². The lowest BCUT2D eigenvalue weighted by Gasteiger charge is -1.82. The average Bonchev–Trinajstić information content (AvgIpc) is 1.81. The first kappa shape index (κ1) is 6.29. The molecule has 8 heavy (non-hydrogen) atoms. The third-order valence-electron chi connectivity index (χ3n) is 0.246. The molecule has 0 radical (unpaired) electrons. The monoisotopic (exact) mass is 114 g/mol. The van der Waals surface area contributed by atoms with Crippen molar-refractivity contribution in [2.45, 2.75) is 0 Å². The van der Waals surface area contributed by atoms with Crippen molar-refractivity contribution >= 4 is 6.08 Å². The van der Waals surface area contributed by atoms with Crippen molar-refractivity contribution < 1.29 is 4.79 Å². The third-order valence-corrected chi connectivity index (χ3v) is 0.246. The number of hydrogen-bond donors (Lipinski definition) is 2. The summed E-state index contributed by atoms with van der Waals surface area (Å²) in [6.45, 7) is 0. The van der Waals surface area contributed by atoms with E-state index >= 15 is 0 Å². The van der Waals surface area contributed by atoms with E-state index in [1.807, 2.05) is 11.1 Å². The maximum Gasteiger partial charge on any atom is 0.261 e. The fourth-order valence-corrected chi connectivity index (χ4v) is 0.0925. The van der Waals surface area contributed by atoms with Crippen molar-refractivity contribution in [3.63, 3.8) is 0 Å². The number of carbonyl (C=O) groups excluding carboxylic acids is 1. The molecule has 0 fully saturated rings. The van der Waals surface area contributed by atoms with Gasteiger partial charge in [0.2, 0.25) is 0 Å². The highest BCUT2D eigenvalue weighted by Gasteiger charge is 1.65. The molecule has 2 N–H and O–H groups in total. The molecular weight excluding hydrogens is 112 g/mol. The Morgan fingerprint density at radius 3 is 2.88 bits per heavy atom. The van der Waals surface area contributed by atoms with Crippen LogP contribution in [-0.2, 0) is 4.79 Å². The quantitative estimate of drug-likeness (QED) is 0.0987. The van der Waals surface area contributed by atoms with E-state index in [1.165, 1.54) is 0 Å². The molecule has 0 spiro atoms. The topological polar surface area (TPSA) is 102 Å². The van der Waals surface area contributed by atoms with Crippen molar-refractivity contribution in [3.05, 3.63) is 10.4 Å². The minimum atomic E-state index is 1.14. The molecule has 0 aromatic carbocycles. The van der Waals surface area contributed by atoms with Crippen LogP contribution in [0.4, 0.5) is 0 Å². The summed E-state index contributed by atoms with van der Waals surface area (Å²) in [5, 5.41) is 5.53. The number of hydrogen-bond acceptors (Lipinski definition) is 4. The molecule has 0 atom stereocenters. The summed E-state index contributed by atoms with van der Waals surface area (Å²) in [5.41, 5.74) is 11.3. The SMILES string of the molecule is [N-]=[N+]=NNNN=C=O. The molecule has 0 amide bonds. The van der Waals surface area contributed by atoms with Gasteiger partial charge in [-0.3, -0.25) is 0 Å². The van der Waals surface area contributed by atoms with Crippen LogP contribution in [-0.4, -0.2) is 6.08 Å². The van der Waals surface area contributed by atoms with Gasteiger partial charge in [0.15, 0.2) is 0 Å². The van der Waals surface area contributed by atoms with E-state index in [-0.39, 0.29) is 0 Å². The molecule has 0 rings (SSSR count). The lowest BCUT2D eigenvalue weighted by atomic mass is 11.6. The lowest BCUT2D eigenvalue weighted by Crippen LogP contribution is -2.18. The fraction of sp³-hybridized carbons (Fsp3) is 0. The second kappa shape index (κ2) is 5.29. The fourth-order valence-electron chi connectivity index (χ4n) is 0.0925. The predicted molar refractivity (Wildman–Crippen MR) is 23.5 cm³/mol. The van der Waals surface area contributed by atoms with Gasteiger partial charge in [-0.15, -0.1) is 16.6 Å². The molecule has 7 nitrogen and oxygen atoms in total. The van der Waals surface area contributed by atoms with Crippen LogP contribution in [0.25, 0.3) is 10.4 Å². The Morgan fingerprint density at radius 2 is 2.38 bits per heavy atom. The number of hydrazine groups is 1. The zero-order chi connectivity index (χ0) is 6.24. The number of isocyanates is 1. The van der Waals surface area contributed by atoms with E-state index in [1.54, 1.807) is 0 Å². The molecule has 0 saturated heterocycles. The number of nitrogens with one attached hydrogen (secondary N) is 2. The smallest absolute Gasteiger partial charge is 0.209 e. The normalized spacial score (nSPS) is 5.50. The highest BCUT2D eigenvalue weighted by atomic mass is 16.1. The minimum Gasteiger partial charge on any atom is -0.209 e. The molecular formula is CH2N6O. The van der Waals surface area contributed by atoms with E-state index in [0.29, 0.717) is 0 Å². The maximum absolute atomic E-state index is 9.24. The van der Waals surface area contributed by atoms with Crippen molar-refractivity contribution in [2.24, 2.45) is 10.3 Å². The molecule has 7 heteroatoms. The average molecular weight is 114 g/mol. The lowest BCUT2D eigenvalue weighted by molar-refractivity contribution is 0.536.